The molecule has 0 unspecified atom stereocenters. The molecule has 0 saturated heterocycles. The zero-order valence-electron chi connectivity index (χ0n) is 19.7. The van der Waals surface area contributed by atoms with E-state index in [2.05, 4.69) is 13.0 Å². The van der Waals surface area contributed by atoms with Crippen LogP contribution in [-0.2, 0) is 0 Å². The Kier molecular flexibility index (Phi) is 9.95. The normalized spacial score (nSPS) is 10.7. The van der Waals surface area contributed by atoms with Crippen molar-refractivity contribution in [3.8, 4) is 17.6 Å². The van der Waals surface area contributed by atoms with Crippen LogP contribution in [0.2, 0.25) is 0 Å². The lowest BCUT2D eigenvalue weighted by atomic mass is 10.1. The number of benzene rings is 3. The molecule has 0 aliphatic carbocycles. The van der Waals surface area contributed by atoms with Crippen molar-refractivity contribution in [3.63, 3.8) is 0 Å². The minimum Gasteiger partial charge on any atom is -0.493 e. The molecule has 174 valence electrons. The number of rotatable bonds is 12. The van der Waals surface area contributed by atoms with Crippen LogP contribution in [0.5, 0.6) is 11.5 Å². The van der Waals surface area contributed by atoms with Crippen molar-refractivity contribution in [1.29, 1.82) is 5.26 Å². The molecule has 0 aromatic heterocycles. The predicted molar refractivity (Wildman–Crippen MR) is 137 cm³/mol. The van der Waals surface area contributed by atoms with Gasteiger partial charge >= 0.3 is 5.97 Å². The molecule has 0 bridgehead atoms. The highest BCUT2D eigenvalue weighted by Crippen LogP contribution is 2.28. The van der Waals surface area contributed by atoms with Crippen molar-refractivity contribution < 1.29 is 14.3 Å². The molecule has 0 N–H and O–H groups in total. The predicted octanol–water partition coefficient (Wildman–Crippen LogP) is 7.69. The van der Waals surface area contributed by atoms with Gasteiger partial charge in [-0.1, -0.05) is 81.5 Å². The number of hydrogen-bond donors (Lipinski definition) is 0. The van der Waals surface area contributed by atoms with Gasteiger partial charge in [-0.15, -0.1) is 0 Å². The van der Waals surface area contributed by atoms with Gasteiger partial charge in [-0.2, -0.15) is 5.26 Å². The standard InChI is InChI=1S/C30H31NO3/c1-2-3-4-5-6-10-21-33-28-20-19-26(18-17-24-13-15-25(23-31)16-14-24)29(22-28)34-30(32)27-11-8-7-9-12-27/h7-9,11-20,22H,2-6,10,21H2,1H3. The maximum atomic E-state index is 12.7. The van der Waals surface area contributed by atoms with E-state index in [1.807, 2.05) is 54.6 Å². The lowest BCUT2D eigenvalue weighted by molar-refractivity contribution is 0.0734. The van der Waals surface area contributed by atoms with Crippen molar-refractivity contribution in [2.24, 2.45) is 0 Å². The number of ether oxygens (including phenoxy) is 2. The van der Waals surface area contributed by atoms with Gasteiger partial charge in [0, 0.05) is 11.6 Å². The second-order valence-corrected chi connectivity index (χ2v) is 8.14. The summed E-state index contributed by atoms with van der Waals surface area (Å²) < 4.78 is 11.7. The van der Waals surface area contributed by atoms with Gasteiger partial charge in [0.25, 0.3) is 0 Å². The van der Waals surface area contributed by atoms with Gasteiger partial charge in [0.2, 0.25) is 0 Å². The summed E-state index contributed by atoms with van der Waals surface area (Å²) in [6.07, 6.45) is 11.0. The minimum absolute atomic E-state index is 0.415. The lowest BCUT2D eigenvalue weighted by Gasteiger charge is -2.12. The molecule has 0 aliphatic heterocycles. The molecule has 0 saturated carbocycles. The number of hydrogen-bond acceptors (Lipinski definition) is 4. The summed E-state index contributed by atoms with van der Waals surface area (Å²) >= 11 is 0. The fourth-order valence-corrected chi connectivity index (χ4v) is 3.49. The second-order valence-electron chi connectivity index (χ2n) is 8.14. The van der Waals surface area contributed by atoms with E-state index in [1.165, 1.54) is 25.7 Å². The molecule has 0 fully saturated rings. The number of unbranched alkanes of at least 4 members (excludes halogenated alkanes) is 5. The third-order valence-electron chi connectivity index (χ3n) is 5.46. The molecule has 3 rings (SSSR count). The van der Waals surface area contributed by atoms with E-state index in [-0.39, 0.29) is 0 Å². The van der Waals surface area contributed by atoms with E-state index >= 15 is 0 Å². The van der Waals surface area contributed by atoms with Crippen LogP contribution in [0.3, 0.4) is 0 Å². The number of carbonyl (C=O) groups excluding carboxylic acids is 1. The average Bonchev–Trinajstić information content (AvgIpc) is 2.88. The van der Waals surface area contributed by atoms with Crippen LogP contribution >= 0.6 is 0 Å². The molecule has 4 heteroatoms. The first kappa shape index (κ1) is 24.8. The van der Waals surface area contributed by atoms with Gasteiger partial charge in [-0.25, -0.2) is 4.79 Å². The topological polar surface area (TPSA) is 59.3 Å². The Morgan fingerprint density at radius 3 is 2.35 bits per heavy atom. The zero-order valence-corrected chi connectivity index (χ0v) is 19.7. The zero-order chi connectivity index (χ0) is 24.0. The first-order valence-electron chi connectivity index (χ1n) is 11.9. The first-order valence-corrected chi connectivity index (χ1v) is 11.9. The Balaban J connectivity index is 1.72. The van der Waals surface area contributed by atoms with Crippen molar-refractivity contribution in [2.45, 2.75) is 45.4 Å². The molecule has 3 aromatic carbocycles. The Hall–Kier alpha value is -3.84. The summed E-state index contributed by atoms with van der Waals surface area (Å²) in [4.78, 5) is 12.7. The average molecular weight is 454 g/mol. The fourth-order valence-electron chi connectivity index (χ4n) is 3.49. The van der Waals surface area contributed by atoms with Crippen molar-refractivity contribution in [3.05, 3.63) is 95.1 Å². The molecule has 0 spiro atoms. The van der Waals surface area contributed by atoms with Crippen LogP contribution in [-0.4, -0.2) is 12.6 Å². The van der Waals surface area contributed by atoms with Crippen LogP contribution in [0.15, 0.2) is 72.8 Å². The Labute approximate surface area is 202 Å². The van der Waals surface area contributed by atoms with E-state index in [0.717, 1.165) is 24.0 Å². The molecule has 0 atom stereocenters. The quantitative estimate of drug-likeness (QED) is 0.122. The van der Waals surface area contributed by atoms with E-state index in [4.69, 9.17) is 14.7 Å². The molecule has 3 aromatic rings. The van der Waals surface area contributed by atoms with Gasteiger partial charge in [0.05, 0.1) is 23.8 Å². The van der Waals surface area contributed by atoms with Gasteiger partial charge in [0.1, 0.15) is 11.5 Å². The van der Waals surface area contributed by atoms with Crippen LogP contribution in [0, 0.1) is 11.3 Å². The second kappa shape index (κ2) is 13.6. The van der Waals surface area contributed by atoms with E-state index in [9.17, 15) is 4.79 Å². The van der Waals surface area contributed by atoms with Crippen LogP contribution in [0.25, 0.3) is 12.2 Å². The van der Waals surface area contributed by atoms with Gasteiger partial charge in [-0.05, 0) is 48.4 Å². The molecule has 0 heterocycles. The van der Waals surface area contributed by atoms with E-state index in [0.29, 0.717) is 29.2 Å². The summed E-state index contributed by atoms with van der Waals surface area (Å²) in [5.41, 5.74) is 2.81. The number of esters is 1. The van der Waals surface area contributed by atoms with Gasteiger partial charge in [-0.3, -0.25) is 0 Å². The van der Waals surface area contributed by atoms with Gasteiger partial charge in [0.15, 0.2) is 0 Å². The number of nitrogens with zero attached hydrogens (tertiary/aromatic N) is 1. The highest BCUT2D eigenvalue weighted by Gasteiger charge is 2.12. The Bertz CT molecular complexity index is 1110. The number of nitriles is 1. The molecule has 0 amide bonds. The molecule has 0 aliphatic rings. The van der Waals surface area contributed by atoms with Crippen molar-refractivity contribution >= 4 is 18.1 Å². The fraction of sp³-hybridized carbons (Fsp3) is 0.267. The van der Waals surface area contributed by atoms with Crippen LogP contribution in [0.4, 0.5) is 0 Å². The van der Waals surface area contributed by atoms with Crippen molar-refractivity contribution in [2.75, 3.05) is 6.61 Å². The number of carbonyl (C=O) groups is 1. The smallest absolute Gasteiger partial charge is 0.343 e. The largest absolute Gasteiger partial charge is 0.493 e. The van der Waals surface area contributed by atoms with Gasteiger partial charge < -0.3 is 9.47 Å². The highest BCUT2D eigenvalue weighted by molar-refractivity contribution is 5.91. The molecule has 0 radical (unpaired) electrons. The summed E-state index contributed by atoms with van der Waals surface area (Å²) in [7, 11) is 0. The molecular weight excluding hydrogens is 422 g/mol. The Morgan fingerprint density at radius 2 is 1.62 bits per heavy atom. The Morgan fingerprint density at radius 1 is 0.882 bits per heavy atom. The third-order valence-corrected chi connectivity index (χ3v) is 5.46. The summed E-state index contributed by atoms with van der Waals surface area (Å²) in [5, 5.41) is 8.97. The first-order chi connectivity index (χ1) is 16.7. The SMILES string of the molecule is CCCCCCCCOc1ccc(C=Cc2ccc(C#N)cc2)c(OC(=O)c2ccccc2)c1. The molecular formula is C30H31NO3. The molecule has 4 nitrogen and oxygen atoms in total. The third kappa shape index (κ3) is 7.94. The monoisotopic (exact) mass is 453 g/mol. The minimum atomic E-state index is -0.415. The maximum Gasteiger partial charge on any atom is 0.343 e. The van der Waals surface area contributed by atoms with E-state index < -0.39 is 5.97 Å². The summed E-state index contributed by atoms with van der Waals surface area (Å²) in [6, 6.07) is 23.9. The van der Waals surface area contributed by atoms with E-state index in [1.54, 1.807) is 30.3 Å². The highest BCUT2D eigenvalue weighted by atomic mass is 16.5. The molecule has 34 heavy (non-hydrogen) atoms. The van der Waals surface area contributed by atoms with Crippen LogP contribution in [0.1, 0.15) is 72.5 Å². The van der Waals surface area contributed by atoms with Crippen LogP contribution < -0.4 is 9.47 Å². The summed E-state index contributed by atoms with van der Waals surface area (Å²) in [5.74, 6) is 0.709. The van der Waals surface area contributed by atoms with Crippen molar-refractivity contribution in [1.82, 2.24) is 0 Å². The lowest BCUT2D eigenvalue weighted by Crippen LogP contribution is -2.09. The maximum absolute atomic E-state index is 12.7. The summed E-state index contributed by atoms with van der Waals surface area (Å²) in [6.45, 7) is 2.85.